The lowest BCUT2D eigenvalue weighted by Gasteiger charge is -2.34. The molecule has 0 saturated carbocycles. The van der Waals surface area contributed by atoms with Gasteiger partial charge >= 0.3 is 0 Å². The molecule has 7 heteroatoms. The van der Waals surface area contributed by atoms with E-state index in [1.54, 1.807) is 10.3 Å². The fraction of sp³-hybridized carbons (Fsp3) is 0.333. The maximum Gasteiger partial charge on any atom is 0.280 e. The molecular weight excluding hydrogens is 408 g/mol. The number of hydrogen-bond donors (Lipinski definition) is 1. The van der Waals surface area contributed by atoms with Crippen molar-refractivity contribution in [3.8, 4) is 0 Å². The number of nitrogens with one attached hydrogen (secondary N) is 1. The zero-order valence-corrected chi connectivity index (χ0v) is 19.6. The molecule has 0 radical (unpaired) electrons. The van der Waals surface area contributed by atoms with Gasteiger partial charge in [0.1, 0.15) is 6.04 Å². The van der Waals surface area contributed by atoms with Crippen LogP contribution in [0.2, 0.25) is 0 Å². The lowest BCUT2D eigenvalue weighted by molar-refractivity contribution is -0.123. The molecule has 2 amide bonds. The Morgan fingerprint density at radius 1 is 1.03 bits per heavy atom. The Labute approximate surface area is 187 Å². The van der Waals surface area contributed by atoms with E-state index in [1.165, 1.54) is 0 Å². The molecule has 3 rings (SSSR count). The number of carbonyl (C=O) groups excluding carboxylic acids is 2. The zero-order valence-electron chi connectivity index (χ0n) is 18.8. The Morgan fingerprint density at radius 2 is 1.71 bits per heavy atom. The molecule has 0 spiro atoms. The van der Waals surface area contributed by atoms with Crippen molar-refractivity contribution in [2.24, 2.45) is 0 Å². The van der Waals surface area contributed by atoms with Crippen molar-refractivity contribution in [3.05, 3.63) is 75.8 Å². The van der Waals surface area contributed by atoms with Crippen molar-refractivity contribution in [3.63, 3.8) is 0 Å². The molecule has 0 bridgehead atoms. The van der Waals surface area contributed by atoms with Crippen molar-refractivity contribution < 1.29 is 9.59 Å². The van der Waals surface area contributed by atoms with Crippen LogP contribution in [0.4, 0.5) is 5.69 Å². The largest absolute Gasteiger partial charge is 0.349 e. The lowest BCUT2D eigenvalue weighted by Crippen LogP contribution is -2.49. The molecule has 0 aliphatic rings. The van der Waals surface area contributed by atoms with Crippen molar-refractivity contribution in [1.82, 2.24) is 14.9 Å². The summed E-state index contributed by atoms with van der Waals surface area (Å²) in [5.41, 5.74) is 4.19. The molecule has 0 fully saturated rings. The highest BCUT2D eigenvalue weighted by Crippen LogP contribution is 2.33. The highest BCUT2D eigenvalue weighted by Gasteiger charge is 2.36. The van der Waals surface area contributed by atoms with Gasteiger partial charge in [-0.25, -0.2) is 0 Å². The molecule has 0 saturated heterocycles. The second-order valence-corrected chi connectivity index (χ2v) is 9.35. The first kappa shape index (κ1) is 22.6. The summed E-state index contributed by atoms with van der Waals surface area (Å²) < 4.78 is 3.85. The fourth-order valence-corrected chi connectivity index (χ4v) is 3.78. The molecule has 3 aromatic rings. The average Bonchev–Trinajstić information content (AvgIpc) is 3.22. The highest BCUT2D eigenvalue weighted by molar-refractivity contribution is 7.03. The molecular formula is C24H28N4O2S. The van der Waals surface area contributed by atoms with E-state index in [-0.39, 0.29) is 17.5 Å². The normalized spacial score (nSPS) is 12.3. The number of hydrogen-bond acceptors (Lipinski definition) is 5. The Morgan fingerprint density at radius 3 is 2.29 bits per heavy atom. The molecule has 31 heavy (non-hydrogen) atoms. The van der Waals surface area contributed by atoms with E-state index in [4.69, 9.17) is 0 Å². The summed E-state index contributed by atoms with van der Waals surface area (Å²) in [6, 6.07) is 12.6. The van der Waals surface area contributed by atoms with E-state index in [2.05, 4.69) is 14.9 Å². The van der Waals surface area contributed by atoms with E-state index < -0.39 is 11.6 Å². The van der Waals surface area contributed by atoms with Gasteiger partial charge in [-0.05, 0) is 75.8 Å². The lowest BCUT2D eigenvalue weighted by atomic mass is 9.98. The van der Waals surface area contributed by atoms with Gasteiger partial charge in [-0.15, -0.1) is 5.10 Å². The number of aryl methyl sites for hydroxylation is 2. The molecule has 2 aromatic carbocycles. The number of carbonyl (C=O) groups is 2. The standard InChI is InChI=1S/C24H28N4O2S/c1-15-10-12-18(13-11-15)21(22(29)25-24(4,5)6)28(23(30)19-14-31-27-26-19)20-9-7-8-16(2)17(20)3/h7-14,21H,1-6H3,(H,25,29)/t21-/m1/s1. The van der Waals surface area contributed by atoms with Gasteiger partial charge in [0.2, 0.25) is 5.91 Å². The molecule has 0 unspecified atom stereocenters. The monoisotopic (exact) mass is 436 g/mol. The summed E-state index contributed by atoms with van der Waals surface area (Å²) >= 11 is 1.11. The summed E-state index contributed by atoms with van der Waals surface area (Å²) in [7, 11) is 0. The van der Waals surface area contributed by atoms with E-state index in [1.807, 2.05) is 84.0 Å². The van der Waals surface area contributed by atoms with Crippen molar-refractivity contribution in [1.29, 1.82) is 0 Å². The molecule has 162 valence electrons. The van der Waals surface area contributed by atoms with Gasteiger partial charge in [-0.2, -0.15) is 0 Å². The Kier molecular flexibility index (Phi) is 6.55. The van der Waals surface area contributed by atoms with Crippen LogP contribution in [-0.4, -0.2) is 26.9 Å². The van der Waals surface area contributed by atoms with Crippen molar-refractivity contribution in [2.45, 2.75) is 53.1 Å². The minimum atomic E-state index is -0.866. The van der Waals surface area contributed by atoms with Gasteiger partial charge in [0, 0.05) is 16.6 Å². The Hall–Kier alpha value is -3.06. The summed E-state index contributed by atoms with van der Waals surface area (Å²) in [6.45, 7) is 11.7. The maximum atomic E-state index is 13.7. The number of rotatable bonds is 5. The molecule has 1 N–H and O–H groups in total. The zero-order chi connectivity index (χ0) is 22.8. The van der Waals surface area contributed by atoms with Crippen LogP contribution < -0.4 is 10.2 Å². The average molecular weight is 437 g/mol. The van der Waals surface area contributed by atoms with Crippen LogP contribution in [0.15, 0.2) is 47.8 Å². The van der Waals surface area contributed by atoms with Crippen molar-refractivity contribution in [2.75, 3.05) is 4.90 Å². The molecule has 1 heterocycles. The van der Waals surface area contributed by atoms with Crippen LogP contribution in [0.1, 0.15) is 59.6 Å². The predicted octanol–water partition coefficient (Wildman–Crippen LogP) is 4.77. The number of amides is 2. The van der Waals surface area contributed by atoms with E-state index >= 15 is 0 Å². The SMILES string of the molecule is Cc1ccc([C@H](C(=O)NC(C)(C)C)N(C(=O)c2csnn2)c2cccc(C)c2C)cc1. The predicted molar refractivity (Wildman–Crippen MR) is 124 cm³/mol. The summed E-state index contributed by atoms with van der Waals surface area (Å²) in [4.78, 5) is 28.8. The number of aromatic nitrogens is 2. The van der Waals surface area contributed by atoms with Crippen LogP contribution in [0.3, 0.4) is 0 Å². The van der Waals surface area contributed by atoms with Crippen LogP contribution in [0, 0.1) is 20.8 Å². The first-order valence-corrected chi connectivity index (χ1v) is 11.0. The topological polar surface area (TPSA) is 75.2 Å². The summed E-state index contributed by atoms with van der Waals surface area (Å²) in [6.07, 6.45) is 0. The van der Waals surface area contributed by atoms with Gasteiger partial charge in [-0.1, -0.05) is 46.4 Å². The van der Waals surface area contributed by atoms with Crippen LogP contribution in [0.25, 0.3) is 0 Å². The second kappa shape index (κ2) is 8.98. The first-order valence-electron chi connectivity index (χ1n) is 10.1. The molecule has 0 aliphatic carbocycles. The van der Waals surface area contributed by atoms with Crippen molar-refractivity contribution >= 4 is 29.0 Å². The van der Waals surface area contributed by atoms with E-state index in [0.29, 0.717) is 5.69 Å². The highest BCUT2D eigenvalue weighted by atomic mass is 32.1. The van der Waals surface area contributed by atoms with Gasteiger partial charge in [0.25, 0.3) is 5.91 Å². The van der Waals surface area contributed by atoms with Gasteiger partial charge < -0.3 is 5.32 Å². The minimum Gasteiger partial charge on any atom is -0.349 e. The van der Waals surface area contributed by atoms with E-state index in [0.717, 1.165) is 33.8 Å². The number of benzene rings is 2. The minimum absolute atomic E-state index is 0.214. The van der Waals surface area contributed by atoms with Gasteiger partial charge in [0.05, 0.1) is 0 Å². The Balaban J connectivity index is 2.23. The van der Waals surface area contributed by atoms with E-state index in [9.17, 15) is 9.59 Å². The summed E-state index contributed by atoms with van der Waals surface area (Å²) in [5, 5.41) is 8.64. The molecule has 6 nitrogen and oxygen atoms in total. The van der Waals surface area contributed by atoms with Crippen LogP contribution in [-0.2, 0) is 4.79 Å². The fourth-order valence-electron chi connectivity index (χ4n) is 3.35. The first-order chi connectivity index (χ1) is 14.6. The van der Waals surface area contributed by atoms with Crippen LogP contribution >= 0.6 is 11.5 Å². The van der Waals surface area contributed by atoms with Gasteiger partial charge in [-0.3, -0.25) is 14.5 Å². The number of anilines is 1. The molecule has 1 aromatic heterocycles. The second-order valence-electron chi connectivity index (χ2n) is 8.74. The summed E-state index contributed by atoms with van der Waals surface area (Å²) in [5.74, 6) is -0.620. The third-order valence-corrected chi connectivity index (χ3v) is 5.54. The maximum absolute atomic E-state index is 13.7. The quantitative estimate of drug-likeness (QED) is 0.625. The Bertz CT molecular complexity index is 1070. The third kappa shape index (κ3) is 5.17. The van der Waals surface area contributed by atoms with Crippen LogP contribution in [0.5, 0.6) is 0 Å². The molecule has 0 aliphatic heterocycles. The number of nitrogens with zero attached hydrogens (tertiary/aromatic N) is 3. The van der Waals surface area contributed by atoms with Gasteiger partial charge in [0.15, 0.2) is 5.69 Å². The third-order valence-electron chi connectivity index (χ3n) is 5.03. The smallest absolute Gasteiger partial charge is 0.280 e. The molecule has 1 atom stereocenters.